The molecule has 0 bridgehead atoms. The molecule has 0 aromatic carbocycles. The summed E-state index contributed by atoms with van der Waals surface area (Å²) in [6.07, 6.45) is -1.19. The van der Waals surface area contributed by atoms with Crippen molar-refractivity contribution in [2.24, 2.45) is 5.41 Å². The third-order valence-electron chi connectivity index (χ3n) is 2.88. The van der Waals surface area contributed by atoms with E-state index in [0.717, 1.165) is 26.2 Å². The van der Waals surface area contributed by atoms with E-state index < -0.39 is 17.6 Å². The number of carbonyl (C=O) groups is 1. The van der Waals surface area contributed by atoms with Crippen molar-refractivity contribution in [2.45, 2.75) is 58.5 Å². The van der Waals surface area contributed by atoms with Gasteiger partial charge >= 0.3 is 12.1 Å². The van der Waals surface area contributed by atoms with Crippen molar-refractivity contribution in [3.8, 4) is 0 Å². The van der Waals surface area contributed by atoms with E-state index in [-0.39, 0.29) is 6.42 Å². The topological polar surface area (TPSA) is 37.3 Å². The van der Waals surface area contributed by atoms with Gasteiger partial charge in [0.15, 0.2) is 5.41 Å². The first-order valence-electron chi connectivity index (χ1n) is 5.56. The van der Waals surface area contributed by atoms with Gasteiger partial charge in [-0.2, -0.15) is 13.2 Å². The van der Waals surface area contributed by atoms with Crippen LogP contribution in [0.2, 0.25) is 0 Å². The number of alkyl halides is 3. The average Bonchev–Trinajstić information content (AvgIpc) is 2.15. The van der Waals surface area contributed by atoms with E-state index in [1.54, 1.807) is 0 Å². The highest BCUT2D eigenvalue weighted by molar-refractivity contribution is 5.75. The van der Waals surface area contributed by atoms with Crippen molar-refractivity contribution in [1.29, 1.82) is 0 Å². The van der Waals surface area contributed by atoms with E-state index in [1.807, 2.05) is 6.92 Å². The zero-order chi connectivity index (χ0) is 12.8. The van der Waals surface area contributed by atoms with Crippen molar-refractivity contribution in [3.63, 3.8) is 0 Å². The zero-order valence-corrected chi connectivity index (χ0v) is 9.73. The highest BCUT2D eigenvalue weighted by Crippen LogP contribution is 2.42. The maximum Gasteiger partial charge on any atom is 0.404 e. The predicted molar refractivity (Wildman–Crippen MR) is 55.2 cm³/mol. The summed E-state index contributed by atoms with van der Waals surface area (Å²) >= 11 is 0. The Morgan fingerprint density at radius 3 is 2.00 bits per heavy atom. The molecule has 0 saturated heterocycles. The van der Waals surface area contributed by atoms with Gasteiger partial charge in [0.25, 0.3) is 0 Å². The summed E-state index contributed by atoms with van der Waals surface area (Å²) in [5.41, 5.74) is -2.60. The summed E-state index contributed by atoms with van der Waals surface area (Å²) in [5.74, 6) is -1.78. The number of hydrogen-bond acceptors (Lipinski definition) is 1. The minimum absolute atomic E-state index is 0.308. The molecule has 0 amide bonds. The van der Waals surface area contributed by atoms with Crippen LogP contribution in [-0.2, 0) is 4.79 Å². The number of hydrogen-bond donors (Lipinski definition) is 1. The van der Waals surface area contributed by atoms with Crippen molar-refractivity contribution in [2.75, 3.05) is 0 Å². The van der Waals surface area contributed by atoms with Gasteiger partial charge in [-0.15, -0.1) is 0 Å². The molecule has 0 aromatic heterocycles. The van der Waals surface area contributed by atoms with E-state index in [2.05, 4.69) is 0 Å². The molecule has 0 saturated carbocycles. The van der Waals surface area contributed by atoms with Crippen LogP contribution in [0.1, 0.15) is 52.4 Å². The first-order valence-corrected chi connectivity index (χ1v) is 5.56. The van der Waals surface area contributed by atoms with Crippen LogP contribution in [-0.4, -0.2) is 17.3 Å². The lowest BCUT2D eigenvalue weighted by Gasteiger charge is -2.27. The van der Waals surface area contributed by atoms with Gasteiger partial charge in [0.2, 0.25) is 0 Å². The Morgan fingerprint density at radius 2 is 1.62 bits per heavy atom. The molecule has 2 nitrogen and oxygen atoms in total. The Bertz CT molecular complexity index is 226. The molecule has 0 aliphatic rings. The van der Waals surface area contributed by atoms with E-state index in [1.165, 1.54) is 0 Å². The maximum absolute atomic E-state index is 12.5. The molecule has 0 radical (unpaired) electrons. The molecule has 96 valence electrons. The van der Waals surface area contributed by atoms with Crippen LogP contribution in [0.25, 0.3) is 0 Å². The molecule has 0 fully saturated rings. The van der Waals surface area contributed by atoms with Gasteiger partial charge in [0.1, 0.15) is 0 Å². The molecule has 1 atom stereocenters. The minimum atomic E-state index is -4.68. The third-order valence-corrected chi connectivity index (χ3v) is 2.88. The van der Waals surface area contributed by atoms with Crippen LogP contribution in [0.4, 0.5) is 13.2 Å². The average molecular weight is 240 g/mol. The SMILES string of the molecule is CCCCCCCC(C)(C(=O)O)C(F)(F)F. The summed E-state index contributed by atoms with van der Waals surface area (Å²) in [7, 11) is 0. The fourth-order valence-electron chi connectivity index (χ4n) is 1.45. The largest absolute Gasteiger partial charge is 0.481 e. The molecule has 16 heavy (non-hydrogen) atoms. The molecule has 0 rings (SSSR count). The van der Waals surface area contributed by atoms with Crippen LogP contribution < -0.4 is 0 Å². The monoisotopic (exact) mass is 240 g/mol. The first-order chi connectivity index (χ1) is 7.25. The lowest BCUT2D eigenvalue weighted by Crippen LogP contribution is -2.42. The van der Waals surface area contributed by atoms with Gasteiger partial charge in [-0.1, -0.05) is 39.0 Å². The van der Waals surface area contributed by atoms with Gasteiger partial charge in [-0.25, -0.2) is 0 Å². The molecule has 1 unspecified atom stereocenters. The maximum atomic E-state index is 12.5. The Hall–Kier alpha value is -0.740. The molecule has 1 N–H and O–H groups in total. The van der Waals surface area contributed by atoms with Crippen molar-refractivity contribution >= 4 is 5.97 Å². The van der Waals surface area contributed by atoms with Crippen molar-refractivity contribution in [1.82, 2.24) is 0 Å². The summed E-state index contributed by atoms with van der Waals surface area (Å²) in [6, 6.07) is 0. The quantitative estimate of drug-likeness (QED) is 0.683. The van der Waals surface area contributed by atoms with E-state index in [4.69, 9.17) is 5.11 Å². The molecule has 0 spiro atoms. The number of carboxylic acid groups (broad SMARTS) is 1. The molecule has 5 heteroatoms. The fourth-order valence-corrected chi connectivity index (χ4v) is 1.45. The Morgan fingerprint density at radius 1 is 1.12 bits per heavy atom. The van der Waals surface area contributed by atoms with Crippen LogP contribution in [0.3, 0.4) is 0 Å². The molecule has 0 aromatic rings. The third kappa shape index (κ3) is 4.02. The van der Waals surface area contributed by atoms with Crippen LogP contribution in [0, 0.1) is 5.41 Å². The van der Waals surface area contributed by atoms with Crippen LogP contribution >= 0.6 is 0 Å². The molecule has 0 aliphatic heterocycles. The summed E-state index contributed by atoms with van der Waals surface area (Å²) < 4.78 is 37.6. The molecular weight excluding hydrogens is 221 g/mol. The Kier molecular flexibility index (Phi) is 5.83. The fraction of sp³-hybridized carbons (Fsp3) is 0.909. The highest BCUT2D eigenvalue weighted by Gasteiger charge is 2.56. The summed E-state index contributed by atoms with van der Waals surface area (Å²) in [6.45, 7) is 2.77. The van der Waals surface area contributed by atoms with E-state index in [9.17, 15) is 18.0 Å². The molecule has 0 heterocycles. The number of aliphatic carboxylic acids is 1. The van der Waals surface area contributed by atoms with Gasteiger partial charge < -0.3 is 5.11 Å². The van der Waals surface area contributed by atoms with Gasteiger partial charge in [-0.3, -0.25) is 4.79 Å². The smallest absolute Gasteiger partial charge is 0.404 e. The lowest BCUT2D eigenvalue weighted by molar-refractivity contribution is -0.228. The molecular formula is C11H19F3O2. The number of carboxylic acids is 1. The highest BCUT2D eigenvalue weighted by atomic mass is 19.4. The number of unbranched alkanes of at least 4 members (excludes halogenated alkanes) is 4. The second kappa shape index (κ2) is 6.11. The van der Waals surface area contributed by atoms with Crippen molar-refractivity contribution in [3.05, 3.63) is 0 Å². The molecule has 0 aliphatic carbocycles. The Labute approximate surface area is 93.8 Å². The van der Waals surface area contributed by atoms with Gasteiger partial charge in [0, 0.05) is 0 Å². The second-order valence-electron chi connectivity index (χ2n) is 4.30. The van der Waals surface area contributed by atoms with Gasteiger partial charge in [0.05, 0.1) is 0 Å². The van der Waals surface area contributed by atoms with Crippen LogP contribution in [0.15, 0.2) is 0 Å². The van der Waals surface area contributed by atoms with E-state index >= 15 is 0 Å². The van der Waals surface area contributed by atoms with Crippen LogP contribution in [0.5, 0.6) is 0 Å². The lowest BCUT2D eigenvalue weighted by atomic mass is 9.84. The predicted octanol–water partition coefficient (Wildman–Crippen LogP) is 4.00. The number of halogens is 3. The normalized spacial score (nSPS) is 15.8. The zero-order valence-electron chi connectivity index (χ0n) is 9.73. The summed E-state index contributed by atoms with van der Waals surface area (Å²) in [4.78, 5) is 10.7. The van der Waals surface area contributed by atoms with E-state index in [0.29, 0.717) is 12.8 Å². The Balaban J connectivity index is 4.21. The first kappa shape index (κ1) is 15.3. The second-order valence-corrected chi connectivity index (χ2v) is 4.30. The minimum Gasteiger partial charge on any atom is -0.481 e. The number of rotatable bonds is 7. The summed E-state index contributed by atoms with van der Waals surface area (Å²) in [5, 5.41) is 8.65. The van der Waals surface area contributed by atoms with Gasteiger partial charge in [-0.05, 0) is 13.3 Å². The standard InChI is InChI=1S/C11H19F3O2/c1-3-4-5-6-7-8-10(2,9(15)16)11(12,13)14/h3-8H2,1-2H3,(H,15,16). The van der Waals surface area contributed by atoms with Crippen molar-refractivity contribution < 1.29 is 23.1 Å².